The van der Waals surface area contributed by atoms with Gasteiger partial charge in [-0.25, -0.2) is 4.79 Å². The fraction of sp³-hybridized carbons (Fsp3) is 0.412. The summed E-state index contributed by atoms with van der Waals surface area (Å²) < 4.78 is 0. The van der Waals surface area contributed by atoms with Gasteiger partial charge >= 0.3 is 5.97 Å². The van der Waals surface area contributed by atoms with Crippen LogP contribution >= 0.6 is 0 Å². The average molecular weight is 285 g/mol. The highest BCUT2D eigenvalue weighted by atomic mass is 16.4. The standard InChI is InChI=1S/C17H19NO3/c19-16-13-9-12(11-5-3-1-2-4-6-11)7-8-15(13)18-10-14(16)17(20)21/h7-11H,1-6H2,(H,18,19)(H,20,21). The van der Waals surface area contributed by atoms with E-state index in [2.05, 4.69) is 11.1 Å². The third kappa shape index (κ3) is 2.71. The van der Waals surface area contributed by atoms with Gasteiger partial charge in [0.25, 0.3) is 0 Å². The molecule has 0 atom stereocenters. The van der Waals surface area contributed by atoms with Crippen LogP contribution < -0.4 is 5.43 Å². The summed E-state index contributed by atoms with van der Waals surface area (Å²) in [4.78, 5) is 26.3. The molecule has 1 aromatic heterocycles. The minimum absolute atomic E-state index is 0.194. The van der Waals surface area contributed by atoms with Gasteiger partial charge in [-0.1, -0.05) is 31.7 Å². The predicted octanol–water partition coefficient (Wildman–Crippen LogP) is 3.66. The average Bonchev–Trinajstić information content (AvgIpc) is 2.76. The quantitative estimate of drug-likeness (QED) is 0.827. The van der Waals surface area contributed by atoms with Crippen molar-refractivity contribution in [2.45, 2.75) is 44.4 Å². The Morgan fingerprint density at radius 3 is 2.52 bits per heavy atom. The van der Waals surface area contributed by atoms with Crippen LogP contribution in [0, 0.1) is 0 Å². The van der Waals surface area contributed by atoms with Crippen LogP contribution in [0.5, 0.6) is 0 Å². The molecule has 0 radical (unpaired) electrons. The highest BCUT2D eigenvalue weighted by Crippen LogP contribution is 2.32. The summed E-state index contributed by atoms with van der Waals surface area (Å²) in [6.45, 7) is 0. The second-order valence-corrected chi connectivity index (χ2v) is 5.83. The Morgan fingerprint density at radius 1 is 1.14 bits per heavy atom. The Balaban J connectivity index is 2.07. The lowest BCUT2D eigenvalue weighted by Crippen LogP contribution is -2.15. The van der Waals surface area contributed by atoms with E-state index in [1.807, 2.05) is 12.1 Å². The van der Waals surface area contributed by atoms with Crippen molar-refractivity contribution in [3.05, 3.63) is 45.7 Å². The van der Waals surface area contributed by atoms with E-state index in [1.54, 1.807) is 0 Å². The Kier molecular flexibility index (Phi) is 3.78. The molecular weight excluding hydrogens is 266 g/mol. The summed E-state index contributed by atoms with van der Waals surface area (Å²) in [7, 11) is 0. The van der Waals surface area contributed by atoms with E-state index in [-0.39, 0.29) is 5.56 Å². The van der Waals surface area contributed by atoms with Gasteiger partial charge in [0.15, 0.2) is 0 Å². The first-order chi connectivity index (χ1) is 10.2. The number of benzene rings is 1. The third-order valence-corrected chi connectivity index (χ3v) is 4.46. The lowest BCUT2D eigenvalue weighted by Gasteiger charge is -2.15. The number of aromatic amines is 1. The van der Waals surface area contributed by atoms with Gasteiger partial charge < -0.3 is 10.1 Å². The second-order valence-electron chi connectivity index (χ2n) is 5.83. The zero-order chi connectivity index (χ0) is 14.8. The lowest BCUT2D eigenvalue weighted by molar-refractivity contribution is 0.0695. The number of aromatic carboxylic acids is 1. The molecule has 0 spiro atoms. The van der Waals surface area contributed by atoms with Crippen molar-refractivity contribution < 1.29 is 9.90 Å². The van der Waals surface area contributed by atoms with E-state index in [0.29, 0.717) is 16.8 Å². The largest absolute Gasteiger partial charge is 0.477 e. The topological polar surface area (TPSA) is 70.2 Å². The normalized spacial score (nSPS) is 16.8. The molecule has 110 valence electrons. The van der Waals surface area contributed by atoms with Crippen LogP contribution in [0.4, 0.5) is 0 Å². The SMILES string of the molecule is O=C(O)c1c[nH]c2ccc(C3CCCCCC3)cc2c1=O. The van der Waals surface area contributed by atoms with E-state index in [9.17, 15) is 9.59 Å². The number of hydrogen-bond donors (Lipinski definition) is 2. The number of carboxylic acid groups (broad SMARTS) is 1. The molecule has 1 heterocycles. The van der Waals surface area contributed by atoms with Crippen LogP contribution in [0.1, 0.15) is 60.4 Å². The van der Waals surface area contributed by atoms with Crippen LogP contribution in [0.15, 0.2) is 29.2 Å². The lowest BCUT2D eigenvalue weighted by atomic mass is 9.91. The molecule has 0 bridgehead atoms. The first-order valence-corrected chi connectivity index (χ1v) is 7.55. The number of rotatable bonds is 2. The number of H-pyrrole nitrogens is 1. The molecule has 1 fully saturated rings. The molecule has 3 rings (SSSR count). The van der Waals surface area contributed by atoms with Crippen molar-refractivity contribution in [3.8, 4) is 0 Å². The van der Waals surface area contributed by atoms with Crippen LogP contribution in [0.2, 0.25) is 0 Å². The van der Waals surface area contributed by atoms with E-state index in [0.717, 1.165) is 18.4 Å². The zero-order valence-electron chi connectivity index (χ0n) is 11.9. The summed E-state index contributed by atoms with van der Waals surface area (Å²) in [6, 6.07) is 5.84. The summed E-state index contributed by atoms with van der Waals surface area (Å²) in [5.41, 5.74) is 1.27. The number of aromatic nitrogens is 1. The number of carbonyl (C=O) groups is 1. The van der Waals surface area contributed by atoms with Crippen LogP contribution in [0.3, 0.4) is 0 Å². The van der Waals surface area contributed by atoms with Gasteiger partial charge in [-0.05, 0) is 36.5 Å². The van der Waals surface area contributed by atoms with Crippen LogP contribution in [-0.4, -0.2) is 16.1 Å². The predicted molar refractivity (Wildman–Crippen MR) is 82.0 cm³/mol. The molecule has 0 aliphatic heterocycles. The molecule has 2 aromatic rings. The van der Waals surface area contributed by atoms with Crippen molar-refractivity contribution >= 4 is 16.9 Å². The molecule has 1 aliphatic carbocycles. The number of pyridine rings is 1. The van der Waals surface area contributed by atoms with Crippen molar-refractivity contribution in [3.63, 3.8) is 0 Å². The van der Waals surface area contributed by atoms with Crippen LogP contribution in [-0.2, 0) is 0 Å². The van der Waals surface area contributed by atoms with Crippen molar-refractivity contribution in [1.29, 1.82) is 0 Å². The molecule has 21 heavy (non-hydrogen) atoms. The Labute approximate surface area is 122 Å². The van der Waals surface area contributed by atoms with Gasteiger partial charge in [0.05, 0.1) is 0 Å². The first kappa shape index (κ1) is 13.9. The maximum Gasteiger partial charge on any atom is 0.341 e. The molecular formula is C17H19NO3. The van der Waals surface area contributed by atoms with E-state index >= 15 is 0 Å². The maximum absolute atomic E-state index is 12.3. The highest BCUT2D eigenvalue weighted by Gasteiger charge is 2.17. The maximum atomic E-state index is 12.3. The van der Waals surface area contributed by atoms with Crippen molar-refractivity contribution in [1.82, 2.24) is 4.98 Å². The Bertz CT molecular complexity index is 724. The number of carboxylic acids is 1. The summed E-state index contributed by atoms with van der Waals surface area (Å²) in [5.74, 6) is -0.692. The van der Waals surface area contributed by atoms with E-state index in [1.165, 1.54) is 31.9 Å². The minimum atomic E-state index is -1.18. The minimum Gasteiger partial charge on any atom is -0.477 e. The molecule has 0 unspecified atom stereocenters. The van der Waals surface area contributed by atoms with Crippen molar-refractivity contribution in [2.24, 2.45) is 0 Å². The smallest absolute Gasteiger partial charge is 0.341 e. The fourth-order valence-corrected chi connectivity index (χ4v) is 3.26. The monoisotopic (exact) mass is 285 g/mol. The van der Waals surface area contributed by atoms with Gasteiger partial charge in [-0.2, -0.15) is 0 Å². The van der Waals surface area contributed by atoms with Gasteiger partial charge in [-0.15, -0.1) is 0 Å². The third-order valence-electron chi connectivity index (χ3n) is 4.46. The Hall–Kier alpha value is -2.10. The van der Waals surface area contributed by atoms with Gasteiger partial charge in [0.1, 0.15) is 5.56 Å². The molecule has 1 saturated carbocycles. The molecule has 1 aliphatic rings. The number of hydrogen-bond acceptors (Lipinski definition) is 2. The molecule has 4 nitrogen and oxygen atoms in total. The molecule has 0 amide bonds. The fourth-order valence-electron chi connectivity index (χ4n) is 3.26. The molecule has 1 aromatic carbocycles. The van der Waals surface area contributed by atoms with E-state index < -0.39 is 11.4 Å². The van der Waals surface area contributed by atoms with E-state index in [4.69, 9.17) is 5.11 Å². The van der Waals surface area contributed by atoms with Crippen LogP contribution in [0.25, 0.3) is 10.9 Å². The summed E-state index contributed by atoms with van der Waals surface area (Å²) >= 11 is 0. The Morgan fingerprint density at radius 2 is 1.86 bits per heavy atom. The second kappa shape index (κ2) is 5.72. The van der Waals surface area contributed by atoms with Gasteiger partial charge in [0, 0.05) is 17.1 Å². The summed E-state index contributed by atoms with van der Waals surface area (Å²) in [5, 5.41) is 9.54. The molecule has 2 N–H and O–H groups in total. The van der Waals surface area contributed by atoms with Gasteiger partial charge in [0.2, 0.25) is 5.43 Å². The molecule has 4 heteroatoms. The van der Waals surface area contributed by atoms with Gasteiger partial charge in [-0.3, -0.25) is 4.79 Å². The molecule has 0 saturated heterocycles. The number of nitrogens with one attached hydrogen (secondary N) is 1. The first-order valence-electron chi connectivity index (χ1n) is 7.55. The highest BCUT2D eigenvalue weighted by molar-refractivity contribution is 5.92. The van der Waals surface area contributed by atoms with Crippen molar-refractivity contribution in [2.75, 3.05) is 0 Å². The number of fused-ring (bicyclic) bond motifs is 1. The summed E-state index contributed by atoms with van der Waals surface area (Å²) in [6.07, 6.45) is 8.62. The zero-order valence-corrected chi connectivity index (χ0v) is 11.9.